The minimum absolute atomic E-state index is 0.301. The van der Waals surface area contributed by atoms with Gasteiger partial charge in [-0.15, -0.1) is 0 Å². The van der Waals surface area contributed by atoms with Crippen LogP contribution in [0.1, 0.15) is 17.2 Å². The summed E-state index contributed by atoms with van der Waals surface area (Å²) in [5.41, 5.74) is 7.51. The maximum Gasteiger partial charge on any atom is 0.124 e. The molecule has 1 atom stereocenters. The van der Waals surface area contributed by atoms with Crippen molar-refractivity contribution in [1.82, 2.24) is 0 Å². The summed E-state index contributed by atoms with van der Waals surface area (Å²) >= 11 is 2.02. The van der Waals surface area contributed by atoms with Crippen LogP contribution in [0.2, 0.25) is 0 Å². The molecular formula is C13H10F2IN. The van der Waals surface area contributed by atoms with Crippen LogP contribution < -0.4 is 5.73 Å². The molecule has 0 radical (unpaired) electrons. The molecule has 0 aliphatic heterocycles. The van der Waals surface area contributed by atoms with Gasteiger partial charge in [-0.05, 0) is 58.0 Å². The Hall–Kier alpha value is -1.01. The molecule has 0 aliphatic carbocycles. The van der Waals surface area contributed by atoms with Gasteiger partial charge in [0.25, 0.3) is 0 Å². The zero-order valence-corrected chi connectivity index (χ0v) is 11.0. The topological polar surface area (TPSA) is 26.0 Å². The number of hydrogen-bond donors (Lipinski definition) is 1. The molecule has 0 saturated carbocycles. The van der Waals surface area contributed by atoms with Gasteiger partial charge in [0, 0.05) is 3.57 Å². The standard InChI is InChI=1S/C13H10F2IN/c14-9-3-1-2-8(6-9)13(17)11-5-4-10(15)7-12(11)16/h1-7,13H,17H2. The van der Waals surface area contributed by atoms with Crippen molar-refractivity contribution in [3.05, 3.63) is 68.8 Å². The third kappa shape index (κ3) is 2.81. The second kappa shape index (κ2) is 5.10. The lowest BCUT2D eigenvalue weighted by atomic mass is 10.00. The molecule has 1 nitrogen and oxygen atoms in total. The van der Waals surface area contributed by atoms with Crippen molar-refractivity contribution in [3.8, 4) is 0 Å². The van der Waals surface area contributed by atoms with E-state index < -0.39 is 6.04 Å². The molecule has 17 heavy (non-hydrogen) atoms. The summed E-state index contributed by atoms with van der Waals surface area (Å²) in [7, 11) is 0. The fourth-order valence-corrected chi connectivity index (χ4v) is 2.45. The Labute approximate surface area is 112 Å². The molecule has 0 heterocycles. The molecule has 0 bridgehead atoms. The molecule has 2 N–H and O–H groups in total. The smallest absolute Gasteiger partial charge is 0.124 e. The highest BCUT2D eigenvalue weighted by Gasteiger charge is 2.13. The first-order valence-corrected chi connectivity index (χ1v) is 6.12. The van der Waals surface area contributed by atoms with Gasteiger partial charge in [-0.1, -0.05) is 18.2 Å². The quantitative estimate of drug-likeness (QED) is 0.827. The normalized spacial score (nSPS) is 12.5. The molecule has 1 unspecified atom stereocenters. The van der Waals surface area contributed by atoms with E-state index in [1.807, 2.05) is 22.6 Å². The number of hydrogen-bond acceptors (Lipinski definition) is 1. The number of benzene rings is 2. The van der Waals surface area contributed by atoms with E-state index in [0.29, 0.717) is 5.56 Å². The molecule has 0 aliphatic rings. The van der Waals surface area contributed by atoms with Crippen molar-refractivity contribution >= 4 is 22.6 Å². The summed E-state index contributed by atoms with van der Waals surface area (Å²) in [6.45, 7) is 0. The zero-order valence-electron chi connectivity index (χ0n) is 8.83. The van der Waals surface area contributed by atoms with E-state index in [9.17, 15) is 8.78 Å². The van der Waals surface area contributed by atoms with Crippen molar-refractivity contribution in [2.75, 3.05) is 0 Å². The lowest BCUT2D eigenvalue weighted by Gasteiger charge is -2.14. The molecule has 4 heteroatoms. The van der Waals surface area contributed by atoms with Crippen LogP contribution in [0.4, 0.5) is 8.78 Å². The van der Waals surface area contributed by atoms with Crippen LogP contribution in [0.5, 0.6) is 0 Å². The third-order valence-electron chi connectivity index (χ3n) is 2.51. The van der Waals surface area contributed by atoms with E-state index in [2.05, 4.69) is 0 Å². The first-order valence-electron chi connectivity index (χ1n) is 5.04. The van der Waals surface area contributed by atoms with Crippen LogP contribution in [0.3, 0.4) is 0 Å². The maximum atomic E-state index is 13.1. The fraction of sp³-hybridized carbons (Fsp3) is 0.0769. The number of rotatable bonds is 2. The second-order valence-electron chi connectivity index (χ2n) is 3.70. The van der Waals surface area contributed by atoms with Crippen molar-refractivity contribution in [1.29, 1.82) is 0 Å². The minimum Gasteiger partial charge on any atom is -0.320 e. The molecule has 88 valence electrons. The zero-order chi connectivity index (χ0) is 12.4. The highest BCUT2D eigenvalue weighted by atomic mass is 127. The van der Waals surface area contributed by atoms with Crippen LogP contribution in [0.15, 0.2) is 42.5 Å². The molecule has 0 saturated heterocycles. The summed E-state index contributed by atoms with van der Waals surface area (Å²) in [5.74, 6) is -0.625. The SMILES string of the molecule is NC(c1cccc(F)c1)c1ccc(F)cc1I. The van der Waals surface area contributed by atoms with E-state index in [1.54, 1.807) is 18.2 Å². The molecule has 2 aromatic rings. The van der Waals surface area contributed by atoms with Gasteiger partial charge in [0.1, 0.15) is 11.6 Å². The van der Waals surface area contributed by atoms with E-state index in [1.165, 1.54) is 24.3 Å². The molecule has 0 amide bonds. The van der Waals surface area contributed by atoms with Crippen molar-refractivity contribution < 1.29 is 8.78 Å². The van der Waals surface area contributed by atoms with Gasteiger partial charge in [-0.25, -0.2) is 8.78 Å². The van der Waals surface area contributed by atoms with E-state index >= 15 is 0 Å². The van der Waals surface area contributed by atoms with Crippen molar-refractivity contribution in [3.63, 3.8) is 0 Å². The number of nitrogens with two attached hydrogens (primary N) is 1. The summed E-state index contributed by atoms with van der Waals surface area (Å²) in [5, 5.41) is 0. The van der Waals surface area contributed by atoms with Gasteiger partial charge in [-0.2, -0.15) is 0 Å². The second-order valence-corrected chi connectivity index (χ2v) is 4.86. The Kier molecular flexibility index (Phi) is 3.73. The van der Waals surface area contributed by atoms with E-state index in [0.717, 1.165) is 9.13 Å². The molecule has 0 fully saturated rings. The van der Waals surface area contributed by atoms with Gasteiger partial charge in [0.05, 0.1) is 6.04 Å². The Morgan fingerprint density at radius 1 is 1.00 bits per heavy atom. The molecule has 0 aromatic heterocycles. The molecule has 2 aromatic carbocycles. The van der Waals surface area contributed by atoms with Crippen LogP contribution >= 0.6 is 22.6 Å². The minimum atomic E-state index is -0.446. The lowest BCUT2D eigenvalue weighted by molar-refractivity contribution is 0.621. The number of halogens is 3. The van der Waals surface area contributed by atoms with Crippen LogP contribution in [-0.4, -0.2) is 0 Å². The van der Waals surface area contributed by atoms with Crippen molar-refractivity contribution in [2.45, 2.75) is 6.04 Å². The first kappa shape index (κ1) is 12.4. The monoisotopic (exact) mass is 345 g/mol. The summed E-state index contributed by atoms with van der Waals surface area (Å²) in [4.78, 5) is 0. The van der Waals surface area contributed by atoms with E-state index in [-0.39, 0.29) is 11.6 Å². The fourth-order valence-electron chi connectivity index (χ4n) is 1.63. The van der Waals surface area contributed by atoms with Crippen molar-refractivity contribution in [2.24, 2.45) is 5.73 Å². The van der Waals surface area contributed by atoms with Gasteiger partial charge < -0.3 is 5.73 Å². The Balaban J connectivity index is 2.40. The summed E-state index contributed by atoms with van der Waals surface area (Å²) in [6, 6.07) is 10.1. The van der Waals surface area contributed by atoms with Gasteiger partial charge >= 0.3 is 0 Å². The van der Waals surface area contributed by atoms with Crippen LogP contribution in [0.25, 0.3) is 0 Å². The Bertz CT molecular complexity index is 543. The average Bonchev–Trinajstić information content (AvgIpc) is 2.28. The molecular weight excluding hydrogens is 335 g/mol. The average molecular weight is 345 g/mol. The molecule has 2 rings (SSSR count). The Morgan fingerprint density at radius 3 is 2.35 bits per heavy atom. The van der Waals surface area contributed by atoms with Crippen LogP contribution in [0, 0.1) is 15.2 Å². The summed E-state index contributed by atoms with van der Waals surface area (Å²) in [6.07, 6.45) is 0. The van der Waals surface area contributed by atoms with Gasteiger partial charge in [0.2, 0.25) is 0 Å². The van der Waals surface area contributed by atoms with Gasteiger partial charge in [0.15, 0.2) is 0 Å². The Morgan fingerprint density at radius 2 is 1.71 bits per heavy atom. The largest absolute Gasteiger partial charge is 0.320 e. The van der Waals surface area contributed by atoms with Gasteiger partial charge in [-0.3, -0.25) is 0 Å². The first-order chi connectivity index (χ1) is 8.08. The van der Waals surface area contributed by atoms with Crippen LogP contribution in [-0.2, 0) is 0 Å². The van der Waals surface area contributed by atoms with E-state index in [4.69, 9.17) is 5.73 Å². The summed E-state index contributed by atoms with van der Waals surface area (Å²) < 4.78 is 26.8. The highest BCUT2D eigenvalue weighted by molar-refractivity contribution is 14.1. The predicted octanol–water partition coefficient (Wildman–Crippen LogP) is 3.62. The highest BCUT2D eigenvalue weighted by Crippen LogP contribution is 2.25. The predicted molar refractivity (Wildman–Crippen MR) is 71.5 cm³/mol. The molecule has 0 spiro atoms. The lowest BCUT2D eigenvalue weighted by Crippen LogP contribution is -2.13. The maximum absolute atomic E-state index is 13.1. The third-order valence-corrected chi connectivity index (χ3v) is 3.44.